The highest BCUT2D eigenvalue weighted by atomic mass is 16.6. The zero-order valence-corrected chi connectivity index (χ0v) is 45.1. The van der Waals surface area contributed by atoms with E-state index in [1.165, 1.54) is 50.1 Å². The van der Waals surface area contributed by atoms with E-state index < -0.39 is 119 Å². The Kier molecular flexibility index (Phi) is 27.3. The smallest absolute Gasteiger partial charge is 0.269 e. The number of likely N-dealkylation sites (tertiary alicyclic amines) is 1. The molecule has 1 aliphatic heterocycles. The molecule has 0 aliphatic carbocycles. The maximum absolute atomic E-state index is 14.2. The normalized spacial score (nSPS) is 16.1. The van der Waals surface area contributed by atoms with Crippen molar-refractivity contribution in [2.45, 2.75) is 155 Å². The van der Waals surface area contributed by atoms with Crippen molar-refractivity contribution in [2.24, 2.45) is 28.3 Å². The van der Waals surface area contributed by atoms with Crippen LogP contribution >= 0.6 is 0 Å². The predicted octanol–water partition coefficient (Wildman–Crippen LogP) is -2.30. The number of guanidine groups is 1. The number of nitro benzene ring substituents is 1. The second-order valence-corrected chi connectivity index (χ2v) is 19.2. The van der Waals surface area contributed by atoms with E-state index in [2.05, 4.69) is 47.5 Å². The zero-order valence-electron chi connectivity index (χ0n) is 45.1. The first kappa shape index (κ1) is 64.7. The number of aliphatic imine (C=N–C) groups is 1. The first-order valence-electron chi connectivity index (χ1n) is 25.6. The predicted molar refractivity (Wildman–Crippen MR) is 279 cm³/mol. The molecule has 1 aliphatic rings. The zero-order chi connectivity index (χ0) is 57.4. The van der Waals surface area contributed by atoms with Crippen LogP contribution in [-0.4, -0.2) is 173 Å². The Balaban J connectivity index is 2.40. The van der Waals surface area contributed by atoms with Crippen molar-refractivity contribution in [1.29, 1.82) is 0 Å². The van der Waals surface area contributed by atoms with Gasteiger partial charge in [-0.1, -0.05) is 59.6 Å². The van der Waals surface area contributed by atoms with Gasteiger partial charge in [-0.3, -0.25) is 63.1 Å². The van der Waals surface area contributed by atoms with E-state index in [0.717, 1.165) is 4.90 Å². The number of rotatable bonds is 31. The van der Waals surface area contributed by atoms with Crippen LogP contribution in [0, 0.1) is 22.0 Å². The van der Waals surface area contributed by atoms with E-state index in [9.17, 15) is 63.2 Å². The van der Waals surface area contributed by atoms with Gasteiger partial charge in [0.25, 0.3) is 5.69 Å². The molecule has 10 amide bonds. The standard InChI is InChI=1S/C49H80N14O13/c1-10-15-33(42(68)59-40(28(6)11-2)46(72)56-34(16-13-22-53-49(50)51)48(74)62-23-14-17-36(62)44(70)52-12-3)55-47(73)41(29(7)64)60-43(69)35(24-31-18-20-32(21-19-31)63(75)76)57-45(71)39(27(4)5)58-37(66)25-54-38(67)26-61(9)30(8)65/h18-21,27-29,33-36,39-41,64H,10-17,22-26H2,1-9H3,(H,52,70)(H,54,67)(H,55,73)(H,56,72)(H,57,71)(H,58,66)(H,59,68)(H,60,69)(H4,50,51,53)/t28-,29+,33-,34-,35+,36-,39-,40-,41-/m0/s1. The average molecular weight is 1070 g/mol. The van der Waals surface area contributed by atoms with E-state index in [0.29, 0.717) is 37.8 Å². The number of hydrogen-bond acceptors (Lipinski definition) is 14. The minimum atomic E-state index is -1.75. The summed E-state index contributed by atoms with van der Waals surface area (Å²) in [4.78, 5) is 152. The fourth-order valence-electron chi connectivity index (χ4n) is 8.03. The van der Waals surface area contributed by atoms with E-state index in [1.807, 2.05) is 0 Å². The molecule has 1 aromatic rings. The molecule has 1 fully saturated rings. The molecule has 0 aromatic heterocycles. The van der Waals surface area contributed by atoms with Gasteiger partial charge in [-0.05, 0) is 63.4 Å². The number of carbonyl (C=O) groups excluding carboxylic acids is 10. The second kappa shape index (κ2) is 32.1. The van der Waals surface area contributed by atoms with Crippen molar-refractivity contribution in [2.75, 3.05) is 39.8 Å². The maximum atomic E-state index is 14.2. The van der Waals surface area contributed by atoms with E-state index >= 15 is 0 Å². The molecule has 1 heterocycles. The summed E-state index contributed by atoms with van der Waals surface area (Å²) in [7, 11) is 1.39. The Hall–Kier alpha value is -7.45. The van der Waals surface area contributed by atoms with Crippen LogP contribution in [0.2, 0.25) is 0 Å². The van der Waals surface area contributed by atoms with Gasteiger partial charge in [0.05, 0.1) is 24.1 Å². The van der Waals surface area contributed by atoms with Crippen LogP contribution in [0.5, 0.6) is 0 Å². The number of aliphatic hydroxyl groups is 1. The molecule has 0 unspecified atom stereocenters. The van der Waals surface area contributed by atoms with Gasteiger partial charge in [0.2, 0.25) is 59.1 Å². The second-order valence-electron chi connectivity index (χ2n) is 19.2. The Bertz CT molecular complexity index is 2220. The van der Waals surface area contributed by atoms with Crippen molar-refractivity contribution in [3.8, 4) is 0 Å². The number of nitrogens with two attached hydrogens (primary N) is 2. The SMILES string of the molecule is CCC[C@H](NC(=O)[C@@H](NC(=O)[C@@H](Cc1ccc([N+](=O)[O-])cc1)NC(=O)[C@@H](NC(=O)CNC(=O)CN(C)C(C)=O)C(C)C)[C@@H](C)O)C(=O)N[C@H](C(=O)N[C@@H](CCCN=C(N)N)C(=O)N1CCC[C@H]1C(=O)NCC)[C@@H](C)CC. The summed E-state index contributed by atoms with van der Waals surface area (Å²) in [6.45, 7) is 12.5. The van der Waals surface area contributed by atoms with Gasteiger partial charge in [0, 0.05) is 52.2 Å². The Morgan fingerprint density at radius 1 is 0.776 bits per heavy atom. The third-order valence-corrected chi connectivity index (χ3v) is 12.7. The molecule has 424 valence electrons. The number of amides is 10. The number of aliphatic hydroxyl groups excluding tert-OH is 1. The van der Waals surface area contributed by atoms with Crippen LogP contribution in [-0.2, 0) is 54.4 Å². The van der Waals surface area contributed by atoms with E-state index in [4.69, 9.17) is 11.5 Å². The van der Waals surface area contributed by atoms with Crippen LogP contribution in [0.1, 0.15) is 106 Å². The summed E-state index contributed by atoms with van der Waals surface area (Å²) < 4.78 is 0. The minimum Gasteiger partial charge on any atom is -0.391 e. The molecular weight excluding hydrogens is 993 g/mol. The van der Waals surface area contributed by atoms with Gasteiger partial charge in [-0.15, -0.1) is 0 Å². The highest BCUT2D eigenvalue weighted by Crippen LogP contribution is 2.21. The van der Waals surface area contributed by atoms with Crippen LogP contribution < -0.4 is 54.0 Å². The van der Waals surface area contributed by atoms with Crippen molar-refractivity contribution >= 4 is 70.7 Å². The quantitative estimate of drug-likeness (QED) is 0.0123. The molecule has 1 aromatic carbocycles. The molecule has 13 N–H and O–H groups in total. The number of nitrogens with one attached hydrogen (secondary N) is 8. The number of nitrogens with zero attached hydrogens (tertiary/aromatic N) is 4. The molecule has 0 radical (unpaired) electrons. The Morgan fingerprint density at radius 2 is 1.36 bits per heavy atom. The summed E-state index contributed by atoms with van der Waals surface area (Å²) in [5.41, 5.74) is 11.1. The number of likely N-dealkylation sites (N-methyl/N-ethyl adjacent to an activating group) is 2. The van der Waals surface area contributed by atoms with Gasteiger partial charge in [-0.25, -0.2) is 0 Å². The molecule has 76 heavy (non-hydrogen) atoms. The van der Waals surface area contributed by atoms with Crippen molar-refractivity contribution in [3.05, 3.63) is 39.9 Å². The van der Waals surface area contributed by atoms with Crippen LogP contribution in [0.15, 0.2) is 29.3 Å². The largest absolute Gasteiger partial charge is 0.391 e. The molecule has 0 spiro atoms. The van der Waals surface area contributed by atoms with Gasteiger partial charge >= 0.3 is 0 Å². The maximum Gasteiger partial charge on any atom is 0.269 e. The molecule has 2 rings (SSSR count). The number of carbonyl (C=O) groups is 10. The van der Waals surface area contributed by atoms with E-state index in [-0.39, 0.29) is 68.8 Å². The summed E-state index contributed by atoms with van der Waals surface area (Å²) in [6.07, 6.45) is 0.164. The van der Waals surface area contributed by atoms with E-state index in [1.54, 1.807) is 41.5 Å². The molecule has 27 nitrogen and oxygen atoms in total. The van der Waals surface area contributed by atoms with Gasteiger partial charge in [-0.2, -0.15) is 0 Å². The Labute approximate surface area is 443 Å². The van der Waals surface area contributed by atoms with Gasteiger partial charge < -0.3 is 68.9 Å². The Morgan fingerprint density at radius 3 is 1.91 bits per heavy atom. The molecular formula is C49H80N14O13. The number of nitro groups is 1. The molecule has 9 atom stereocenters. The molecule has 0 bridgehead atoms. The third kappa shape index (κ3) is 21.1. The molecule has 0 saturated carbocycles. The van der Waals surface area contributed by atoms with Crippen molar-refractivity contribution < 1.29 is 58.0 Å². The fraction of sp³-hybridized carbons (Fsp3) is 0.653. The summed E-state index contributed by atoms with van der Waals surface area (Å²) in [6, 6.07) is -3.99. The monoisotopic (exact) mass is 1070 g/mol. The highest BCUT2D eigenvalue weighted by Gasteiger charge is 2.40. The molecule has 27 heteroatoms. The van der Waals surface area contributed by atoms with Crippen LogP contribution in [0.3, 0.4) is 0 Å². The lowest BCUT2D eigenvalue weighted by atomic mass is 9.96. The molecule has 1 saturated heterocycles. The van der Waals surface area contributed by atoms with Crippen molar-refractivity contribution in [3.63, 3.8) is 0 Å². The van der Waals surface area contributed by atoms with Gasteiger partial charge in [0.15, 0.2) is 5.96 Å². The van der Waals surface area contributed by atoms with Crippen LogP contribution in [0.25, 0.3) is 0 Å². The highest BCUT2D eigenvalue weighted by molar-refractivity contribution is 5.98. The first-order valence-corrected chi connectivity index (χ1v) is 25.6. The number of non-ortho nitro benzene ring substituents is 1. The lowest BCUT2D eigenvalue weighted by Gasteiger charge is -2.31. The fourth-order valence-corrected chi connectivity index (χ4v) is 8.03. The lowest BCUT2D eigenvalue weighted by molar-refractivity contribution is -0.384. The summed E-state index contributed by atoms with van der Waals surface area (Å²) >= 11 is 0. The van der Waals surface area contributed by atoms with Crippen LogP contribution in [0.4, 0.5) is 5.69 Å². The lowest BCUT2D eigenvalue weighted by Crippen LogP contribution is -2.62. The number of benzene rings is 1. The van der Waals surface area contributed by atoms with Crippen molar-refractivity contribution in [1.82, 2.24) is 52.3 Å². The summed E-state index contributed by atoms with van der Waals surface area (Å²) in [5, 5.41) is 43.0. The topological polar surface area (TPSA) is 401 Å². The van der Waals surface area contributed by atoms with Gasteiger partial charge in [0.1, 0.15) is 42.3 Å². The first-order chi connectivity index (χ1) is 35.8. The summed E-state index contributed by atoms with van der Waals surface area (Å²) in [5.74, 6) is -8.32. The average Bonchev–Trinajstić information content (AvgIpc) is 3.86. The minimum absolute atomic E-state index is 0.0231. The third-order valence-electron chi connectivity index (χ3n) is 12.7. The number of hydrogen-bond donors (Lipinski definition) is 11.